The lowest BCUT2D eigenvalue weighted by Crippen LogP contribution is -1.94. The Balaban J connectivity index is 3.31. The van der Waals surface area contributed by atoms with Gasteiger partial charge in [0.05, 0.1) is 6.04 Å². The smallest absolute Gasteiger partial charge is 0.211 e. The van der Waals surface area contributed by atoms with Crippen LogP contribution in [0.2, 0.25) is 0 Å². The highest BCUT2D eigenvalue weighted by atomic mass is 16.1. The molecule has 0 fully saturated rings. The molecule has 0 amide bonds. The van der Waals surface area contributed by atoms with Gasteiger partial charge in [-0.15, -0.1) is 0 Å². The van der Waals surface area contributed by atoms with E-state index in [9.17, 15) is 4.79 Å². The number of hydrogen-bond acceptors (Lipinski definition) is 2. The topological polar surface area (TPSA) is 29.4 Å². The molecule has 0 aliphatic carbocycles. The SMILES string of the molecule is [CH2]CCC(C)N=C=O. The monoisotopic (exact) mass is 112 g/mol. The first-order chi connectivity index (χ1) is 3.81. The van der Waals surface area contributed by atoms with Gasteiger partial charge in [-0.05, 0) is 13.3 Å². The molecule has 0 aliphatic rings. The van der Waals surface area contributed by atoms with Crippen molar-refractivity contribution in [3.05, 3.63) is 6.92 Å². The van der Waals surface area contributed by atoms with E-state index in [1.807, 2.05) is 6.92 Å². The van der Waals surface area contributed by atoms with Gasteiger partial charge in [0.25, 0.3) is 0 Å². The second kappa shape index (κ2) is 4.54. The average molecular weight is 112 g/mol. The zero-order valence-electron chi connectivity index (χ0n) is 5.05. The lowest BCUT2D eigenvalue weighted by Gasteiger charge is -1.96. The van der Waals surface area contributed by atoms with Gasteiger partial charge in [0.2, 0.25) is 6.08 Å². The zero-order valence-corrected chi connectivity index (χ0v) is 5.05. The van der Waals surface area contributed by atoms with Gasteiger partial charge in [-0.1, -0.05) is 13.3 Å². The molecule has 45 valence electrons. The molecule has 0 saturated heterocycles. The third-order valence-electron chi connectivity index (χ3n) is 0.895. The van der Waals surface area contributed by atoms with Crippen LogP contribution in [-0.4, -0.2) is 12.1 Å². The molecule has 2 heteroatoms. The summed E-state index contributed by atoms with van der Waals surface area (Å²) in [7, 11) is 0. The van der Waals surface area contributed by atoms with Crippen molar-refractivity contribution in [3.63, 3.8) is 0 Å². The maximum Gasteiger partial charge on any atom is 0.235 e. The van der Waals surface area contributed by atoms with Crippen molar-refractivity contribution in [2.75, 3.05) is 0 Å². The molecular weight excluding hydrogens is 102 g/mol. The fraction of sp³-hybridized carbons (Fsp3) is 0.667. The summed E-state index contributed by atoms with van der Waals surface area (Å²) in [5, 5.41) is 0. The fourth-order valence-corrected chi connectivity index (χ4v) is 0.450. The number of nitrogens with zero attached hydrogens (tertiary/aromatic N) is 1. The summed E-state index contributed by atoms with van der Waals surface area (Å²) in [5.74, 6) is 0. The molecule has 2 nitrogen and oxygen atoms in total. The van der Waals surface area contributed by atoms with Gasteiger partial charge in [-0.2, -0.15) is 0 Å². The zero-order chi connectivity index (χ0) is 6.41. The summed E-state index contributed by atoms with van der Waals surface area (Å²) in [6, 6.07) is 0.102. The second-order valence-electron chi connectivity index (χ2n) is 1.71. The van der Waals surface area contributed by atoms with Gasteiger partial charge in [-0.3, -0.25) is 0 Å². The minimum absolute atomic E-state index is 0.102. The summed E-state index contributed by atoms with van der Waals surface area (Å²) in [5.41, 5.74) is 0. The molecule has 0 saturated carbocycles. The van der Waals surface area contributed by atoms with Crippen LogP contribution < -0.4 is 0 Å². The van der Waals surface area contributed by atoms with Crippen LogP contribution >= 0.6 is 0 Å². The van der Waals surface area contributed by atoms with Crippen LogP contribution in [0, 0.1) is 6.92 Å². The normalized spacial score (nSPS) is 12.2. The number of hydrogen-bond donors (Lipinski definition) is 0. The van der Waals surface area contributed by atoms with Crippen LogP contribution in [0.5, 0.6) is 0 Å². The molecule has 0 spiro atoms. The van der Waals surface area contributed by atoms with E-state index in [0.29, 0.717) is 0 Å². The first kappa shape index (κ1) is 7.38. The summed E-state index contributed by atoms with van der Waals surface area (Å²) in [4.78, 5) is 13.0. The Bertz CT molecular complexity index is 94.7. The third-order valence-corrected chi connectivity index (χ3v) is 0.895. The van der Waals surface area contributed by atoms with Crippen molar-refractivity contribution in [1.29, 1.82) is 0 Å². The van der Waals surface area contributed by atoms with Crippen molar-refractivity contribution in [1.82, 2.24) is 0 Å². The molecule has 0 aliphatic heterocycles. The molecule has 0 bridgehead atoms. The van der Waals surface area contributed by atoms with E-state index >= 15 is 0 Å². The second-order valence-corrected chi connectivity index (χ2v) is 1.71. The van der Waals surface area contributed by atoms with E-state index < -0.39 is 0 Å². The lowest BCUT2D eigenvalue weighted by molar-refractivity contribution is 0.555. The molecule has 8 heavy (non-hydrogen) atoms. The standard InChI is InChI=1S/C6H10NO/c1-3-4-6(2)7-5-8/h6H,1,3-4H2,2H3. The molecule has 0 aromatic rings. The van der Waals surface area contributed by atoms with Crippen molar-refractivity contribution in [3.8, 4) is 0 Å². The summed E-state index contributed by atoms with van der Waals surface area (Å²) < 4.78 is 0. The van der Waals surface area contributed by atoms with E-state index in [0.717, 1.165) is 12.8 Å². The van der Waals surface area contributed by atoms with Crippen LogP contribution in [0.25, 0.3) is 0 Å². The molecular formula is C6H10NO. The highest BCUT2D eigenvalue weighted by Crippen LogP contribution is 1.96. The first-order valence-electron chi connectivity index (χ1n) is 2.67. The Morgan fingerprint density at radius 3 is 2.88 bits per heavy atom. The molecule has 1 atom stereocenters. The maximum atomic E-state index is 9.58. The number of aliphatic imine (C=N–C) groups is 1. The lowest BCUT2D eigenvalue weighted by atomic mass is 10.2. The van der Waals surface area contributed by atoms with E-state index in [4.69, 9.17) is 0 Å². The number of carbonyl (C=O) groups excluding carboxylic acids is 1. The van der Waals surface area contributed by atoms with Crippen molar-refractivity contribution in [2.24, 2.45) is 4.99 Å². The Hall–Kier alpha value is -0.620. The quantitative estimate of drug-likeness (QED) is 0.400. The predicted molar refractivity (Wildman–Crippen MR) is 32.2 cm³/mol. The van der Waals surface area contributed by atoms with Crippen LogP contribution in [0.1, 0.15) is 19.8 Å². The van der Waals surface area contributed by atoms with Gasteiger partial charge in [0.1, 0.15) is 0 Å². The van der Waals surface area contributed by atoms with Crippen molar-refractivity contribution >= 4 is 6.08 Å². The number of isocyanates is 1. The molecule has 0 aromatic carbocycles. The fourth-order valence-electron chi connectivity index (χ4n) is 0.450. The van der Waals surface area contributed by atoms with Crippen LogP contribution in [-0.2, 0) is 4.79 Å². The molecule has 1 unspecified atom stereocenters. The molecule has 0 aromatic heterocycles. The summed E-state index contributed by atoms with van der Waals surface area (Å²) in [6.07, 6.45) is 3.20. The van der Waals surface area contributed by atoms with Gasteiger partial charge in [0.15, 0.2) is 0 Å². The Labute approximate surface area is 49.6 Å². The first-order valence-corrected chi connectivity index (χ1v) is 2.67. The Morgan fingerprint density at radius 2 is 2.50 bits per heavy atom. The number of rotatable bonds is 3. The summed E-state index contributed by atoms with van der Waals surface area (Å²) in [6.45, 7) is 5.49. The molecule has 0 N–H and O–H groups in total. The van der Waals surface area contributed by atoms with Crippen LogP contribution in [0.3, 0.4) is 0 Å². The molecule has 0 rings (SSSR count). The molecule has 0 heterocycles. The largest absolute Gasteiger partial charge is 0.235 e. The van der Waals surface area contributed by atoms with Crippen molar-refractivity contribution < 1.29 is 4.79 Å². The Kier molecular flexibility index (Phi) is 4.19. The molecule has 1 radical (unpaired) electrons. The minimum Gasteiger partial charge on any atom is -0.211 e. The van der Waals surface area contributed by atoms with Gasteiger partial charge in [0, 0.05) is 0 Å². The van der Waals surface area contributed by atoms with Crippen LogP contribution in [0.4, 0.5) is 0 Å². The summed E-state index contributed by atoms with van der Waals surface area (Å²) >= 11 is 0. The van der Waals surface area contributed by atoms with E-state index in [1.54, 1.807) is 0 Å². The van der Waals surface area contributed by atoms with Gasteiger partial charge >= 0.3 is 0 Å². The highest BCUT2D eigenvalue weighted by molar-refractivity contribution is 5.33. The average Bonchev–Trinajstić information content (AvgIpc) is 1.68. The van der Waals surface area contributed by atoms with Crippen molar-refractivity contribution in [2.45, 2.75) is 25.8 Å². The van der Waals surface area contributed by atoms with E-state index in [1.165, 1.54) is 6.08 Å². The van der Waals surface area contributed by atoms with Gasteiger partial charge in [-0.25, -0.2) is 9.79 Å². The van der Waals surface area contributed by atoms with E-state index in [2.05, 4.69) is 11.9 Å². The third kappa shape index (κ3) is 3.57. The highest BCUT2D eigenvalue weighted by Gasteiger charge is 1.92. The maximum absolute atomic E-state index is 9.58. The Morgan fingerprint density at radius 1 is 1.88 bits per heavy atom. The van der Waals surface area contributed by atoms with Gasteiger partial charge < -0.3 is 0 Å². The predicted octanol–water partition coefficient (Wildman–Crippen LogP) is 1.32. The van der Waals surface area contributed by atoms with E-state index in [-0.39, 0.29) is 6.04 Å². The minimum atomic E-state index is 0.102. The van der Waals surface area contributed by atoms with Crippen LogP contribution in [0.15, 0.2) is 4.99 Å².